The number of benzene rings is 3. The molecular weight excluding hydrogens is 520 g/mol. The van der Waals surface area contributed by atoms with E-state index in [1.807, 2.05) is 12.1 Å². The number of aromatic nitrogens is 1. The van der Waals surface area contributed by atoms with E-state index in [-0.39, 0.29) is 42.5 Å². The molecule has 0 spiro atoms. The van der Waals surface area contributed by atoms with Crippen molar-refractivity contribution in [3.8, 4) is 23.0 Å². The van der Waals surface area contributed by atoms with Crippen LogP contribution in [0, 0.1) is 0 Å². The number of rotatable bonds is 6. The Morgan fingerprint density at radius 3 is 2.13 bits per heavy atom. The smallest absolute Gasteiger partial charge is 0.252 e. The molecular formula is C29H28N2O7S. The summed E-state index contributed by atoms with van der Waals surface area (Å²) in [5.74, 6) is 2.29. The zero-order valence-corrected chi connectivity index (χ0v) is 22.6. The molecule has 2 aliphatic rings. The second-order valence-electron chi connectivity index (χ2n) is 10.7. The van der Waals surface area contributed by atoms with Crippen LogP contribution in [-0.4, -0.2) is 31.3 Å². The Morgan fingerprint density at radius 2 is 1.44 bits per heavy atom. The van der Waals surface area contributed by atoms with Gasteiger partial charge >= 0.3 is 0 Å². The normalized spacial score (nSPS) is 14.4. The summed E-state index contributed by atoms with van der Waals surface area (Å²) >= 11 is 0. The van der Waals surface area contributed by atoms with Crippen LogP contribution >= 0.6 is 0 Å². The SMILES string of the molecule is CC(C)(C)c1ccc(S(=O)(=O)N(Cc2ccc3c(c2)OCO3)Cc2cc3cc4c(cc3[nH]c2=O)OCO4)cc1. The molecule has 0 atom stereocenters. The van der Waals surface area contributed by atoms with E-state index in [0.717, 1.165) is 5.56 Å². The van der Waals surface area contributed by atoms with Crippen LogP contribution in [0.1, 0.15) is 37.5 Å². The predicted octanol–water partition coefficient (Wildman–Crippen LogP) is 4.67. The number of fused-ring (bicyclic) bond motifs is 3. The van der Waals surface area contributed by atoms with E-state index in [2.05, 4.69) is 25.8 Å². The Balaban J connectivity index is 1.39. The maximum atomic E-state index is 14.0. The molecule has 10 heteroatoms. The number of nitrogens with zero attached hydrogens (tertiary/aromatic N) is 1. The Labute approximate surface area is 225 Å². The van der Waals surface area contributed by atoms with Crippen molar-refractivity contribution < 1.29 is 27.4 Å². The first-order chi connectivity index (χ1) is 18.6. The zero-order valence-electron chi connectivity index (χ0n) is 21.8. The van der Waals surface area contributed by atoms with E-state index in [1.165, 1.54) is 4.31 Å². The summed E-state index contributed by atoms with van der Waals surface area (Å²) in [5.41, 5.74) is 2.10. The highest BCUT2D eigenvalue weighted by atomic mass is 32.2. The lowest BCUT2D eigenvalue weighted by Crippen LogP contribution is -2.32. The predicted molar refractivity (Wildman–Crippen MR) is 145 cm³/mol. The molecule has 6 rings (SSSR count). The third-order valence-corrected chi connectivity index (χ3v) is 8.72. The van der Waals surface area contributed by atoms with Gasteiger partial charge in [0.2, 0.25) is 23.6 Å². The third-order valence-electron chi connectivity index (χ3n) is 6.92. The lowest BCUT2D eigenvalue weighted by atomic mass is 9.87. The molecule has 0 aliphatic carbocycles. The molecule has 0 fully saturated rings. The van der Waals surface area contributed by atoms with Crippen LogP contribution < -0.4 is 24.5 Å². The van der Waals surface area contributed by atoms with Crippen molar-refractivity contribution in [2.45, 2.75) is 44.2 Å². The lowest BCUT2D eigenvalue weighted by molar-refractivity contribution is 0.173. The average Bonchev–Trinajstić information content (AvgIpc) is 3.55. The number of nitrogens with one attached hydrogen (secondary N) is 1. The van der Waals surface area contributed by atoms with Gasteiger partial charge in [-0.05, 0) is 52.9 Å². The quantitative estimate of drug-likeness (QED) is 0.373. The van der Waals surface area contributed by atoms with E-state index in [0.29, 0.717) is 45.0 Å². The molecule has 3 aromatic carbocycles. The van der Waals surface area contributed by atoms with Crippen molar-refractivity contribution in [2.75, 3.05) is 13.6 Å². The van der Waals surface area contributed by atoms with E-state index in [1.54, 1.807) is 48.5 Å². The lowest BCUT2D eigenvalue weighted by Gasteiger charge is -2.24. The van der Waals surface area contributed by atoms with Gasteiger partial charge in [0.25, 0.3) is 5.56 Å². The zero-order chi connectivity index (χ0) is 27.4. The number of H-pyrrole nitrogens is 1. The molecule has 0 bridgehead atoms. The molecule has 2 aliphatic heterocycles. The summed E-state index contributed by atoms with van der Waals surface area (Å²) < 4.78 is 51.1. The largest absolute Gasteiger partial charge is 0.454 e. The summed E-state index contributed by atoms with van der Waals surface area (Å²) in [6, 6.07) is 17.4. The summed E-state index contributed by atoms with van der Waals surface area (Å²) in [5, 5.41) is 0.712. The number of hydrogen-bond donors (Lipinski definition) is 1. The second-order valence-corrected chi connectivity index (χ2v) is 12.6. The van der Waals surface area contributed by atoms with Gasteiger partial charge in [0.1, 0.15) is 0 Å². The van der Waals surface area contributed by atoms with Crippen molar-refractivity contribution in [2.24, 2.45) is 0 Å². The Bertz CT molecular complexity index is 1740. The highest BCUT2D eigenvalue weighted by Crippen LogP contribution is 2.36. The van der Waals surface area contributed by atoms with Gasteiger partial charge in [-0.3, -0.25) is 4.79 Å². The van der Waals surface area contributed by atoms with Crippen molar-refractivity contribution in [1.82, 2.24) is 9.29 Å². The summed E-state index contributed by atoms with van der Waals surface area (Å²) in [6.45, 7) is 6.32. The highest BCUT2D eigenvalue weighted by Gasteiger charge is 2.28. The van der Waals surface area contributed by atoms with Crippen LogP contribution in [-0.2, 0) is 28.5 Å². The number of sulfonamides is 1. The minimum Gasteiger partial charge on any atom is -0.454 e. The van der Waals surface area contributed by atoms with Crippen LogP contribution in [0.2, 0.25) is 0 Å². The van der Waals surface area contributed by atoms with Gasteiger partial charge in [0, 0.05) is 30.1 Å². The maximum absolute atomic E-state index is 14.0. The van der Waals surface area contributed by atoms with Crippen LogP contribution in [0.4, 0.5) is 0 Å². The highest BCUT2D eigenvalue weighted by molar-refractivity contribution is 7.89. The van der Waals surface area contributed by atoms with Crippen LogP contribution in [0.5, 0.6) is 23.0 Å². The summed E-state index contributed by atoms with van der Waals surface area (Å²) in [6.07, 6.45) is 0. The molecule has 0 saturated carbocycles. The van der Waals surface area contributed by atoms with Crippen LogP contribution in [0.3, 0.4) is 0 Å². The summed E-state index contributed by atoms with van der Waals surface area (Å²) in [7, 11) is -3.99. The maximum Gasteiger partial charge on any atom is 0.252 e. The third kappa shape index (κ3) is 4.81. The second kappa shape index (κ2) is 9.32. The van der Waals surface area contributed by atoms with Crippen LogP contribution in [0.25, 0.3) is 10.9 Å². The molecule has 1 N–H and O–H groups in total. The minimum atomic E-state index is -3.99. The van der Waals surface area contributed by atoms with Crippen molar-refractivity contribution in [1.29, 1.82) is 0 Å². The van der Waals surface area contributed by atoms with Gasteiger partial charge in [-0.2, -0.15) is 4.31 Å². The van der Waals surface area contributed by atoms with Crippen molar-refractivity contribution in [3.05, 3.63) is 87.7 Å². The fourth-order valence-corrected chi connectivity index (χ4v) is 6.10. The number of hydrogen-bond acceptors (Lipinski definition) is 7. The van der Waals surface area contributed by atoms with E-state index in [9.17, 15) is 13.2 Å². The molecule has 0 radical (unpaired) electrons. The van der Waals surface area contributed by atoms with Crippen LogP contribution in [0.15, 0.2) is 70.4 Å². The van der Waals surface area contributed by atoms with Gasteiger partial charge in [-0.1, -0.05) is 39.0 Å². The average molecular weight is 549 g/mol. The Kier molecular flexibility index (Phi) is 6.04. The van der Waals surface area contributed by atoms with E-state index < -0.39 is 10.0 Å². The van der Waals surface area contributed by atoms with Gasteiger partial charge in [-0.25, -0.2) is 8.42 Å². The molecule has 0 unspecified atom stereocenters. The van der Waals surface area contributed by atoms with E-state index in [4.69, 9.17) is 18.9 Å². The fraction of sp³-hybridized carbons (Fsp3) is 0.276. The van der Waals surface area contributed by atoms with E-state index >= 15 is 0 Å². The number of ether oxygens (including phenoxy) is 4. The van der Waals surface area contributed by atoms with Gasteiger partial charge in [0.05, 0.1) is 10.4 Å². The topological polar surface area (TPSA) is 107 Å². The first-order valence-electron chi connectivity index (χ1n) is 12.5. The van der Waals surface area contributed by atoms with Crippen molar-refractivity contribution in [3.63, 3.8) is 0 Å². The molecule has 1 aromatic heterocycles. The molecule has 3 heterocycles. The molecule has 4 aromatic rings. The first-order valence-corrected chi connectivity index (χ1v) is 14.0. The Morgan fingerprint density at radius 1 is 0.795 bits per heavy atom. The molecule has 202 valence electrons. The fourth-order valence-electron chi connectivity index (χ4n) is 4.69. The Hall–Kier alpha value is -4.02. The first kappa shape index (κ1) is 25.3. The number of aromatic amines is 1. The van der Waals surface area contributed by atoms with Gasteiger partial charge < -0.3 is 23.9 Å². The molecule has 0 amide bonds. The molecule has 9 nitrogen and oxygen atoms in total. The minimum absolute atomic E-state index is 0.0264. The standard InChI is InChI=1S/C29H28N2O7S/c1-29(2,3)21-5-7-22(8-6-21)39(33,34)31(14-18-4-9-24-25(10-18)36-16-35-24)15-20-11-19-12-26-27(38-17-37-26)13-23(19)30-28(20)32/h4-13H,14-17H2,1-3H3,(H,30,32). The summed E-state index contributed by atoms with van der Waals surface area (Å²) in [4.78, 5) is 16.1. The van der Waals surface area contributed by atoms with Gasteiger partial charge in [-0.15, -0.1) is 0 Å². The molecule has 39 heavy (non-hydrogen) atoms. The molecule has 0 saturated heterocycles. The number of pyridine rings is 1. The van der Waals surface area contributed by atoms with Gasteiger partial charge in [0.15, 0.2) is 23.0 Å². The van der Waals surface area contributed by atoms with Crippen molar-refractivity contribution >= 4 is 20.9 Å². The monoisotopic (exact) mass is 548 g/mol.